The normalized spacial score (nSPS) is 21.8. The highest BCUT2D eigenvalue weighted by molar-refractivity contribution is 5.83. The van der Waals surface area contributed by atoms with E-state index in [9.17, 15) is 4.79 Å². The number of rotatable bonds is 0. The number of carbonyl (C=O) groups is 1. The molecule has 64 valence electrons. The van der Waals surface area contributed by atoms with Gasteiger partial charge < -0.3 is 5.32 Å². The Morgan fingerprint density at radius 3 is 3.25 bits per heavy atom. The summed E-state index contributed by atoms with van der Waals surface area (Å²) in [5.41, 5.74) is 0. The minimum absolute atomic E-state index is 0.156. The summed E-state index contributed by atoms with van der Waals surface area (Å²) >= 11 is 0. The summed E-state index contributed by atoms with van der Waals surface area (Å²) in [6, 6.07) is 2.16. The maximum Gasteiger partial charge on any atom is 0.287 e. The summed E-state index contributed by atoms with van der Waals surface area (Å²) < 4.78 is 3.44. The Morgan fingerprint density at radius 2 is 2.50 bits per heavy atom. The van der Waals surface area contributed by atoms with Crippen LogP contribution in [0.15, 0.2) is 12.3 Å². The van der Waals surface area contributed by atoms with E-state index < -0.39 is 0 Å². The molecule has 1 atom stereocenters. The summed E-state index contributed by atoms with van der Waals surface area (Å²) in [6.45, 7) is 2.01. The number of hydrogen-bond acceptors (Lipinski definition) is 2. The lowest BCUT2D eigenvalue weighted by Gasteiger charge is -2.18. The number of aryl methyl sites for hydroxylation is 1. The molecule has 0 saturated carbocycles. The molecule has 0 aromatic carbocycles. The summed E-state index contributed by atoms with van der Waals surface area (Å²) in [4.78, 5) is 11.5. The van der Waals surface area contributed by atoms with Crippen molar-refractivity contribution >= 4 is 11.7 Å². The van der Waals surface area contributed by atoms with E-state index in [1.165, 1.54) is 0 Å². The van der Waals surface area contributed by atoms with Crippen LogP contribution in [0, 0.1) is 0 Å². The molecule has 0 saturated heterocycles. The molecule has 0 bridgehead atoms. The number of nitrogens with one attached hydrogen (secondary N) is 1. The maximum atomic E-state index is 11.5. The van der Waals surface area contributed by atoms with Gasteiger partial charge in [0.1, 0.15) is 0 Å². The van der Waals surface area contributed by atoms with Crippen molar-refractivity contribution in [2.24, 2.45) is 7.05 Å². The van der Waals surface area contributed by atoms with Gasteiger partial charge in [-0.25, -0.2) is 0 Å². The lowest BCUT2D eigenvalue weighted by atomic mass is 10.2. The van der Waals surface area contributed by atoms with Crippen LogP contribution in [0.25, 0.3) is 0 Å². The van der Waals surface area contributed by atoms with Crippen LogP contribution in [0.4, 0.5) is 5.82 Å². The molecule has 0 radical (unpaired) electrons. The summed E-state index contributed by atoms with van der Waals surface area (Å²) in [6.07, 6.45) is 2.44. The largest absolute Gasteiger partial charge is 0.364 e. The first-order chi connectivity index (χ1) is 5.68. The van der Waals surface area contributed by atoms with E-state index in [4.69, 9.17) is 0 Å². The average Bonchev–Trinajstić information content (AvgIpc) is 2.31. The Hall–Kier alpha value is -1.32. The molecule has 0 aliphatic carbocycles. The van der Waals surface area contributed by atoms with E-state index >= 15 is 0 Å². The molecule has 2 heterocycles. The van der Waals surface area contributed by atoms with Gasteiger partial charge in [-0.3, -0.25) is 4.79 Å². The highest BCUT2D eigenvalue weighted by Gasteiger charge is 2.26. The van der Waals surface area contributed by atoms with Crippen molar-refractivity contribution < 1.29 is 9.48 Å². The quantitative estimate of drug-likeness (QED) is 0.557. The van der Waals surface area contributed by atoms with Crippen LogP contribution < -0.4 is 10.00 Å². The van der Waals surface area contributed by atoms with E-state index in [1.807, 2.05) is 26.2 Å². The van der Waals surface area contributed by atoms with Crippen LogP contribution >= 0.6 is 0 Å². The zero-order chi connectivity index (χ0) is 8.72. The highest BCUT2D eigenvalue weighted by atomic mass is 16.2. The zero-order valence-corrected chi connectivity index (χ0v) is 7.24. The second-order valence-electron chi connectivity index (χ2n) is 3.23. The van der Waals surface area contributed by atoms with Gasteiger partial charge in [-0.05, 0) is 6.92 Å². The lowest BCUT2D eigenvalue weighted by molar-refractivity contribution is -0.741. The van der Waals surface area contributed by atoms with Crippen molar-refractivity contribution in [2.75, 3.05) is 5.32 Å². The van der Waals surface area contributed by atoms with Crippen LogP contribution in [-0.2, 0) is 7.05 Å². The molecule has 4 nitrogen and oxygen atoms in total. The molecule has 12 heavy (non-hydrogen) atoms. The first kappa shape index (κ1) is 7.34. The van der Waals surface area contributed by atoms with Gasteiger partial charge in [0.2, 0.25) is 0 Å². The van der Waals surface area contributed by atoms with Crippen molar-refractivity contribution in [3.05, 3.63) is 12.3 Å². The Labute approximate surface area is 70.8 Å². The molecular weight excluding hydrogens is 154 g/mol. The molecule has 4 heteroatoms. The molecule has 2 rings (SSSR count). The maximum absolute atomic E-state index is 11.5. The SMILES string of the molecule is CC1CC(=O)n2c(cc[n+]2C)N1. The molecule has 1 aliphatic heterocycles. The van der Waals surface area contributed by atoms with Crippen molar-refractivity contribution in [2.45, 2.75) is 19.4 Å². The average molecular weight is 166 g/mol. The third kappa shape index (κ3) is 0.913. The molecule has 1 aromatic rings. The fourth-order valence-electron chi connectivity index (χ4n) is 1.56. The minimum atomic E-state index is 0.156. The standard InChI is InChI=1S/C8H11N3O/c1-6-5-8(12)11-7(9-6)3-4-10(11)2/h3-4,6H,5H2,1-2H3/p+1. The zero-order valence-electron chi connectivity index (χ0n) is 7.24. The van der Waals surface area contributed by atoms with Crippen LogP contribution in [0.3, 0.4) is 0 Å². The first-order valence-electron chi connectivity index (χ1n) is 4.06. The van der Waals surface area contributed by atoms with Crippen molar-refractivity contribution in [3.8, 4) is 0 Å². The Bertz CT molecular complexity index is 329. The second kappa shape index (κ2) is 2.33. The van der Waals surface area contributed by atoms with E-state index in [0.717, 1.165) is 5.82 Å². The number of anilines is 1. The monoisotopic (exact) mass is 166 g/mol. The fraction of sp³-hybridized carbons (Fsp3) is 0.500. The van der Waals surface area contributed by atoms with Crippen molar-refractivity contribution in [3.63, 3.8) is 0 Å². The summed E-state index contributed by atoms with van der Waals surface area (Å²) in [5.74, 6) is 1.05. The second-order valence-corrected chi connectivity index (χ2v) is 3.23. The molecule has 1 unspecified atom stereocenters. The highest BCUT2D eigenvalue weighted by Crippen LogP contribution is 2.14. The van der Waals surface area contributed by atoms with Gasteiger partial charge in [-0.2, -0.15) is 0 Å². The fourth-order valence-corrected chi connectivity index (χ4v) is 1.56. The lowest BCUT2D eigenvalue weighted by Crippen LogP contribution is -2.46. The molecule has 0 fully saturated rings. The smallest absolute Gasteiger partial charge is 0.287 e. The van der Waals surface area contributed by atoms with Crippen molar-refractivity contribution in [1.82, 2.24) is 4.68 Å². The van der Waals surface area contributed by atoms with E-state index in [0.29, 0.717) is 6.42 Å². The van der Waals surface area contributed by atoms with Gasteiger partial charge in [0.25, 0.3) is 5.91 Å². The number of carbonyl (C=O) groups excluding carboxylic acids is 1. The topological polar surface area (TPSA) is 37.9 Å². The molecule has 0 amide bonds. The molecule has 1 aliphatic rings. The minimum Gasteiger partial charge on any atom is -0.364 e. The molecule has 0 spiro atoms. The van der Waals surface area contributed by atoms with Crippen LogP contribution in [0.1, 0.15) is 18.1 Å². The van der Waals surface area contributed by atoms with Crippen LogP contribution in [0.2, 0.25) is 0 Å². The Balaban J connectivity index is 2.50. The number of aromatic nitrogens is 2. The molecule has 1 N–H and O–H groups in total. The van der Waals surface area contributed by atoms with E-state index in [2.05, 4.69) is 5.32 Å². The van der Waals surface area contributed by atoms with Crippen molar-refractivity contribution in [1.29, 1.82) is 0 Å². The first-order valence-corrected chi connectivity index (χ1v) is 4.06. The van der Waals surface area contributed by atoms with Gasteiger partial charge in [-0.15, -0.1) is 4.68 Å². The van der Waals surface area contributed by atoms with E-state index in [-0.39, 0.29) is 11.9 Å². The number of hydrogen-bond donors (Lipinski definition) is 1. The van der Waals surface area contributed by atoms with Gasteiger partial charge in [0, 0.05) is 6.04 Å². The Morgan fingerprint density at radius 1 is 1.75 bits per heavy atom. The Kier molecular flexibility index (Phi) is 1.43. The summed E-state index contributed by atoms with van der Waals surface area (Å²) in [7, 11) is 1.86. The molecule has 1 aromatic heterocycles. The predicted molar refractivity (Wildman–Crippen MR) is 43.9 cm³/mol. The van der Waals surface area contributed by atoms with Gasteiger partial charge in [0.05, 0.1) is 12.5 Å². The number of nitrogens with zero attached hydrogens (tertiary/aromatic N) is 2. The van der Waals surface area contributed by atoms with Gasteiger partial charge >= 0.3 is 0 Å². The van der Waals surface area contributed by atoms with Crippen LogP contribution in [0.5, 0.6) is 0 Å². The van der Waals surface area contributed by atoms with Gasteiger partial charge in [0.15, 0.2) is 19.1 Å². The van der Waals surface area contributed by atoms with Crippen LogP contribution in [-0.4, -0.2) is 16.6 Å². The number of fused-ring (bicyclic) bond motifs is 1. The summed E-state index contributed by atoms with van der Waals surface area (Å²) in [5, 5.41) is 3.23. The molecular formula is C8H12N3O+. The van der Waals surface area contributed by atoms with E-state index in [1.54, 1.807) is 9.36 Å². The third-order valence-electron chi connectivity index (χ3n) is 2.10. The predicted octanol–water partition coefficient (Wildman–Crippen LogP) is 0.157. The third-order valence-corrected chi connectivity index (χ3v) is 2.10. The van der Waals surface area contributed by atoms with Gasteiger partial charge in [-0.1, -0.05) is 4.68 Å².